The smallest absolute Gasteiger partial charge is 0.143 e. The zero-order chi connectivity index (χ0) is 37.5. The first-order valence-corrected chi connectivity index (χ1v) is 20.2. The Labute approximate surface area is 332 Å². The van der Waals surface area contributed by atoms with Crippen molar-refractivity contribution in [1.29, 1.82) is 0 Å². The van der Waals surface area contributed by atoms with Gasteiger partial charge in [-0.25, -0.2) is 4.99 Å². The van der Waals surface area contributed by atoms with Gasteiger partial charge in [0.25, 0.3) is 0 Å². The molecule has 1 aliphatic rings. The molecule has 0 bridgehead atoms. The Morgan fingerprint density at radius 1 is 0.544 bits per heavy atom. The van der Waals surface area contributed by atoms with E-state index in [1.807, 2.05) is 11.3 Å². The highest BCUT2D eigenvalue weighted by molar-refractivity contribution is 7.26. The third-order valence-electron chi connectivity index (χ3n) is 11.5. The van der Waals surface area contributed by atoms with E-state index in [0.717, 1.165) is 55.7 Å². The number of amidine groups is 1. The van der Waals surface area contributed by atoms with Crippen LogP contribution in [0.15, 0.2) is 191 Å². The van der Waals surface area contributed by atoms with Crippen LogP contribution in [-0.2, 0) is 0 Å². The van der Waals surface area contributed by atoms with Gasteiger partial charge in [-0.2, -0.15) is 0 Å². The zero-order valence-corrected chi connectivity index (χ0v) is 31.5. The van der Waals surface area contributed by atoms with Gasteiger partial charge in [-0.3, -0.25) is 5.32 Å². The van der Waals surface area contributed by atoms with Crippen LogP contribution in [0, 0.1) is 0 Å². The van der Waals surface area contributed by atoms with Crippen molar-refractivity contribution in [2.45, 2.75) is 12.3 Å². The Morgan fingerprint density at radius 3 is 1.96 bits per heavy atom. The average Bonchev–Trinajstić information content (AvgIpc) is 3.96. The van der Waals surface area contributed by atoms with Crippen LogP contribution in [0.4, 0.5) is 0 Å². The molecule has 0 spiro atoms. The molecular formula is C51H34N4OS. The van der Waals surface area contributed by atoms with Crippen LogP contribution in [-0.4, -0.2) is 10.4 Å². The van der Waals surface area contributed by atoms with E-state index >= 15 is 0 Å². The Kier molecular flexibility index (Phi) is 7.24. The van der Waals surface area contributed by atoms with Gasteiger partial charge in [0.15, 0.2) is 0 Å². The summed E-state index contributed by atoms with van der Waals surface area (Å²) >= 11 is 1.82. The van der Waals surface area contributed by atoms with Crippen LogP contribution in [0.25, 0.3) is 80.7 Å². The minimum atomic E-state index is -0.191. The third kappa shape index (κ3) is 5.08. The van der Waals surface area contributed by atoms with Gasteiger partial charge < -0.3 is 14.3 Å². The van der Waals surface area contributed by atoms with E-state index in [9.17, 15) is 0 Å². The third-order valence-corrected chi connectivity index (χ3v) is 12.7. The average molecular weight is 751 g/mol. The van der Waals surface area contributed by atoms with Crippen LogP contribution in [0.3, 0.4) is 0 Å². The number of rotatable bonds is 5. The standard InChI is InChI=1S/C51H34N4OS/c1-3-14-31(15-4-1)49-52-50(32-16-5-2-6-17-32)54-51(53-49)39-23-12-21-37-40-30-33(28-29-45(40)57-48(37)39)34-20-11-22-38-46-43(26-13-27-44(46)56-47(34)38)55-41-24-9-7-18-35(41)36-19-8-10-25-42(36)55/h1-30,49-50,52H,(H,53,54). The molecule has 2 unspecified atom stereocenters. The molecule has 270 valence electrons. The normalized spacial score (nSPS) is 15.9. The predicted octanol–water partition coefficient (Wildman–Crippen LogP) is 13.1. The molecule has 11 aromatic rings. The molecule has 0 fully saturated rings. The molecular weight excluding hydrogens is 717 g/mol. The van der Waals surface area contributed by atoms with Gasteiger partial charge in [0.2, 0.25) is 0 Å². The molecule has 6 heteroatoms. The fourth-order valence-electron chi connectivity index (χ4n) is 8.90. The monoisotopic (exact) mass is 750 g/mol. The van der Waals surface area contributed by atoms with Crippen molar-refractivity contribution in [3.63, 3.8) is 0 Å². The topological polar surface area (TPSA) is 54.5 Å². The Bertz CT molecular complexity index is 3320. The van der Waals surface area contributed by atoms with E-state index < -0.39 is 0 Å². The maximum Gasteiger partial charge on any atom is 0.143 e. The van der Waals surface area contributed by atoms with Crippen molar-refractivity contribution < 1.29 is 4.42 Å². The number of para-hydroxylation sites is 3. The second-order valence-electron chi connectivity index (χ2n) is 14.7. The van der Waals surface area contributed by atoms with Crippen molar-refractivity contribution in [3.05, 3.63) is 199 Å². The first kappa shape index (κ1) is 32.3. The summed E-state index contributed by atoms with van der Waals surface area (Å²) in [5.41, 5.74) is 10.9. The number of hydrogen-bond donors (Lipinski definition) is 2. The molecule has 0 amide bonds. The van der Waals surface area contributed by atoms with Gasteiger partial charge in [-0.15, -0.1) is 11.3 Å². The molecule has 57 heavy (non-hydrogen) atoms. The number of furan rings is 1. The van der Waals surface area contributed by atoms with Gasteiger partial charge in [0.05, 0.1) is 22.1 Å². The van der Waals surface area contributed by atoms with E-state index in [1.165, 1.54) is 47.5 Å². The van der Waals surface area contributed by atoms with Crippen LogP contribution in [0.2, 0.25) is 0 Å². The highest BCUT2D eigenvalue weighted by atomic mass is 32.1. The fourth-order valence-corrected chi connectivity index (χ4v) is 10.1. The summed E-state index contributed by atoms with van der Waals surface area (Å²) in [5.74, 6) is 0.889. The minimum Gasteiger partial charge on any atom is -0.455 e. The summed E-state index contributed by atoms with van der Waals surface area (Å²) in [6, 6.07) is 64.8. The second-order valence-corrected chi connectivity index (χ2v) is 15.8. The fraction of sp³-hybridized carbons (Fsp3) is 0.0392. The molecule has 0 saturated heterocycles. The molecule has 2 N–H and O–H groups in total. The van der Waals surface area contributed by atoms with E-state index in [4.69, 9.17) is 9.41 Å². The van der Waals surface area contributed by atoms with E-state index in [2.05, 4.69) is 197 Å². The molecule has 12 rings (SSSR count). The number of thiophene rings is 1. The zero-order valence-electron chi connectivity index (χ0n) is 30.7. The van der Waals surface area contributed by atoms with Crippen LogP contribution in [0.1, 0.15) is 29.0 Å². The highest BCUT2D eigenvalue weighted by Crippen LogP contribution is 2.44. The minimum absolute atomic E-state index is 0.0973. The largest absolute Gasteiger partial charge is 0.455 e. The molecule has 2 atom stereocenters. The molecule has 0 aliphatic carbocycles. The van der Waals surface area contributed by atoms with Crippen molar-refractivity contribution in [2.75, 3.05) is 0 Å². The van der Waals surface area contributed by atoms with Gasteiger partial charge in [-0.05, 0) is 59.2 Å². The lowest BCUT2D eigenvalue weighted by Crippen LogP contribution is -2.44. The molecule has 0 saturated carbocycles. The second kappa shape index (κ2) is 12.8. The summed E-state index contributed by atoms with van der Waals surface area (Å²) in [4.78, 5) is 5.28. The Hall–Kier alpha value is -6.99. The van der Waals surface area contributed by atoms with E-state index in [-0.39, 0.29) is 12.3 Å². The number of nitrogens with one attached hydrogen (secondary N) is 2. The quantitative estimate of drug-likeness (QED) is 0.184. The first-order chi connectivity index (χ1) is 28.3. The number of hydrogen-bond acceptors (Lipinski definition) is 5. The number of fused-ring (bicyclic) bond motifs is 9. The van der Waals surface area contributed by atoms with Crippen molar-refractivity contribution in [1.82, 2.24) is 15.2 Å². The highest BCUT2D eigenvalue weighted by Gasteiger charge is 2.27. The molecule has 5 nitrogen and oxygen atoms in total. The molecule has 4 heterocycles. The molecule has 3 aromatic heterocycles. The number of benzene rings is 8. The van der Waals surface area contributed by atoms with Crippen LogP contribution in [0.5, 0.6) is 0 Å². The summed E-state index contributed by atoms with van der Waals surface area (Å²) in [5, 5.41) is 14.6. The lowest BCUT2D eigenvalue weighted by atomic mass is 9.99. The van der Waals surface area contributed by atoms with Crippen molar-refractivity contribution in [2.24, 2.45) is 4.99 Å². The summed E-state index contributed by atoms with van der Waals surface area (Å²) in [6.07, 6.45) is -0.288. The van der Waals surface area contributed by atoms with Gasteiger partial charge in [0.1, 0.15) is 29.3 Å². The Morgan fingerprint density at radius 2 is 1.19 bits per heavy atom. The van der Waals surface area contributed by atoms with Gasteiger partial charge in [-0.1, -0.05) is 140 Å². The maximum atomic E-state index is 6.83. The summed E-state index contributed by atoms with van der Waals surface area (Å²) in [7, 11) is 0. The molecule has 0 radical (unpaired) electrons. The van der Waals surface area contributed by atoms with E-state index in [1.54, 1.807) is 0 Å². The summed E-state index contributed by atoms with van der Waals surface area (Å²) < 4.78 is 11.7. The molecule has 8 aromatic carbocycles. The lowest BCUT2D eigenvalue weighted by Gasteiger charge is -2.32. The number of aromatic nitrogens is 1. The molecule has 1 aliphatic heterocycles. The first-order valence-electron chi connectivity index (χ1n) is 19.4. The Balaban J connectivity index is 0.999. The number of nitrogens with zero attached hydrogens (tertiary/aromatic N) is 2. The SMILES string of the molecule is c1ccc(C2N=C(c3cccc4c3sc3ccc(-c5cccc6c5oc5cccc(-n7c8ccccc8c8ccccc87)c56)cc34)NC(c3ccccc3)N2)cc1. The van der Waals surface area contributed by atoms with Crippen LogP contribution >= 0.6 is 11.3 Å². The van der Waals surface area contributed by atoms with E-state index in [0.29, 0.717) is 0 Å². The van der Waals surface area contributed by atoms with Gasteiger partial charge >= 0.3 is 0 Å². The van der Waals surface area contributed by atoms with Gasteiger partial charge in [0, 0.05) is 47.5 Å². The maximum absolute atomic E-state index is 6.83. The summed E-state index contributed by atoms with van der Waals surface area (Å²) in [6.45, 7) is 0. The number of aliphatic imine (C=N–C) groups is 1. The van der Waals surface area contributed by atoms with Crippen molar-refractivity contribution >= 4 is 81.1 Å². The lowest BCUT2D eigenvalue weighted by molar-refractivity contribution is 0.409. The van der Waals surface area contributed by atoms with Crippen molar-refractivity contribution in [3.8, 4) is 16.8 Å². The van der Waals surface area contributed by atoms with Crippen LogP contribution < -0.4 is 10.6 Å². The predicted molar refractivity (Wildman–Crippen MR) is 238 cm³/mol.